The summed E-state index contributed by atoms with van der Waals surface area (Å²) in [4.78, 5) is 22.8. The van der Waals surface area contributed by atoms with E-state index >= 15 is 0 Å². The molecule has 0 aliphatic rings. The molecule has 0 saturated carbocycles. The minimum absolute atomic E-state index is 0.309. The third-order valence-electron chi connectivity index (χ3n) is 2.39. The Hall–Kier alpha value is -1.49. The van der Waals surface area contributed by atoms with Gasteiger partial charge in [0.05, 0.1) is 0 Å². The van der Waals surface area contributed by atoms with Crippen molar-refractivity contribution in [3.8, 4) is 0 Å². The van der Waals surface area contributed by atoms with Gasteiger partial charge in [0.2, 0.25) is 5.91 Å². The molecule has 0 aliphatic carbocycles. The van der Waals surface area contributed by atoms with Crippen molar-refractivity contribution in [2.24, 2.45) is 5.92 Å². The number of amides is 1. The lowest BCUT2D eigenvalue weighted by molar-refractivity contribution is -0.142. The number of hydrogen-bond donors (Lipinski definition) is 3. The van der Waals surface area contributed by atoms with Crippen LogP contribution >= 0.6 is 12.6 Å². The highest BCUT2D eigenvalue weighted by Gasteiger charge is 2.23. The number of rotatable bonds is 5. The summed E-state index contributed by atoms with van der Waals surface area (Å²) in [6.45, 7) is 1.70. The molecule has 1 aromatic rings. The first-order valence-electron chi connectivity index (χ1n) is 5.25. The van der Waals surface area contributed by atoms with Gasteiger partial charge in [-0.1, -0.05) is 37.3 Å². The van der Waals surface area contributed by atoms with E-state index in [9.17, 15) is 9.59 Å². The third kappa shape index (κ3) is 3.78. The van der Waals surface area contributed by atoms with Crippen LogP contribution in [0.2, 0.25) is 0 Å². The number of hydrogen-bond acceptors (Lipinski definition) is 3. The van der Waals surface area contributed by atoms with Crippen LogP contribution in [0.5, 0.6) is 0 Å². The van der Waals surface area contributed by atoms with E-state index in [4.69, 9.17) is 5.11 Å². The number of carbonyl (C=O) groups excluding carboxylic acids is 1. The molecule has 4 nitrogen and oxygen atoms in total. The Balaban J connectivity index is 2.82. The normalized spacial score (nSPS) is 13.8. The van der Waals surface area contributed by atoms with Gasteiger partial charge in [-0.15, -0.1) is 0 Å². The van der Waals surface area contributed by atoms with Crippen molar-refractivity contribution in [2.75, 3.05) is 5.75 Å². The fourth-order valence-corrected chi connectivity index (χ4v) is 1.47. The zero-order valence-electron chi connectivity index (χ0n) is 9.46. The van der Waals surface area contributed by atoms with Gasteiger partial charge in [0.25, 0.3) is 0 Å². The summed E-state index contributed by atoms with van der Waals surface area (Å²) in [5.74, 6) is -1.32. The summed E-state index contributed by atoms with van der Waals surface area (Å²) in [5.41, 5.74) is 0.555. The predicted octanol–water partition coefficient (Wildman–Crippen LogP) is 1.49. The largest absolute Gasteiger partial charge is 0.479 e. The van der Waals surface area contributed by atoms with Crippen molar-refractivity contribution in [1.29, 1.82) is 0 Å². The molecule has 0 fully saturated rings. The average molecular weight is 253 g/mol. The minimum atomic E-state index is -1.07. The lowest BCUT2D eigenvalue weighted by Crippen LogP contribution is -2.37. The Morgan fingerprint density at radius 3 is 2.41 bits per heavy atom. The van der Waals surface area contributed by atoms with Gasteiger partial charge < -0.3 is 10.4 Å². The van der Waals surface area contributed by atoms with E-state index in [2.05, 4.69) is 17.9 Å². The molecule has 5 heteroatoms. The quantitative estimate of drug-likeness (QED) is 0.697. The van der Waals surface area contributed by atoms with E-state index in [0.29, 0.717) is 11.3 Å². The van der Waals surface area contributed by atoms with E-state index in [1.54, 1.807) is 37.3 Å². The zero-order chi connectivity index (χ0) is 12.8. The van der Waals surface area contributed by atoms with Crippen LogP contribution in [0.1, 0.15) is 18.5 Å². The average Bonchev–Trinajstić information content (AvgIpc) is 2.35. The van der Waals surface area contributed by atoms with Crippen molar-refractivity contribution in [3.05, 3.63) is 35.9 Å². The van der Waals surface area contributed by atoms with Crippen LogP contribution < -0.4 is 5.32 Å². The van der Waals surface area contributed by atoms with E-state index in [1.165, 1.54) is 0 Å². The van der Waals surface area contributed by atoms with Crippen LogP contribution in [0, 0.1) is 5.92 Å². The number of aliphatic carboxylic acids is 1. The molecule has 1 amide bonds. The fourth-order valence-electron chi connectivity index (χ4n) is 1.30. The van der Waals surface area contributed by atoms with Crippen molar-refractivity contribution < 1.29 is 14.7 Å². The fraction of sp³-hybridized carbons (Fsp3) is 0.333. The summed E-state index contributed by atoms with van der Waals surface area (Å²) in [6, 6.07) is 7.60. The molecule has 0 aromatic heterocycles. The molecule has 1 rings (SSSR count). The molecule has 0 aliphatic heterocycles. The molecule has 0 unspecified atom stereocenters. The number of carboxylic acid groups (broad SMARTS) is 1. The number of nitrogens with one attached hydrogen (secondary N) is 1. The molecule has 0 saturated heterocycles. The van der Waals surface area contributed by atoms with Gasteiger partial charge in [0.15, 0.2) is 6.04 Å². The molecule has 1 aromatic carbocycles. The van der Waals surface area contributed by atoms with Gasteiger partial charge in [-0.3, -0.25) is 4.79 Å². The predicted molar refractivity (Wildman–Crippen MR) is 68.0 cm³/mol. The maximum Gasteiger partial charge on any atom is 0.330 e. The van der Waals surface area contributed by atoms with Gasteiger partial charge in [-0.25, -0.2) is 4.79 Å². The van der Waals surface area contributed by atoms with Gasteiger partial charge in [-0.05, 0) is 5.56 Å². The maximum absolute atomic E-state index is 11.6. The van der Waals surface area contributed by atoms with Crippen LogP contribution in [0.4, 0.5) is 0 Å². The molecule has 0 heterocycles. The van der Waals surface area contributed by atoms with Crippen LogP contribution in [-0.4, -0.2) is 22.7 Å². The van der Waals surface area contributed by atoms with Crippen LogP contribution in [0.3, 0.4) is 0 Å². The first-order chi connectivity index (χ1) is 8.06. The Bertz CT molecular complexity index is 394. The smallest absolute Gasteiger partial charge is 0.330 e. The van der Waals surface area contributed by atoms with E-state index in [1.807, 2.05) is 0 Å². The molecular weight excluding hydrogens is 238 g/mol. The standard InChI is InChI=1S/C12H15NO3S/c1-8(7-17)11(14)13-10(12(15)16)9-5-3-2-4-6-9/h2-6,8,10,17H,7H2,1H3,(H,13,14)(H,15,16)/t8-,10+/m1/s1. The summed E-state index contributed by atoms with van der Waals surface area (Å²) in [7, 11) is 0. The van der Waals surface area contributed by atoms with Crippen molar-refractivity contribution in [1.82, 2.24) is 5.32 Å². The summed E-state index contributed by atoms with van der Waals surface area (Å²) < 4.78 is 0. The van der Waals surface area contributed by atoms with Crippen LogP contribution in [0.25, 0.3) is 0 Å². The number of benzene rings is 1. The van der Waals surface area contributed by atoms with Crippen molar-refractivity contribution in [3.63, 3.8) is 0 Å². The molecule has 92 valence electrons. The zero-order valence-corrected chi connectivity index (χ0v) is 10.4. The Morgan fingerprint density at radius 2 is 1.94 bits per heavy atom. The summed E-state index contributed by atoms with van der Waals surface area (Å²) in [5, 5.41) is 11.6. The number of carbonyl (C=O) groups is 2. The SMILES string of the molecule is C[C@H](CS)C(=O)N[C@H](C(=O)O)c1ccccc1. The lowest BCUT2D eigenvalue weighted by atomic mass is 10.1. The summed E-state index contributed by atoms with van der Waals surface area (Å²) >= 11 is 4.01. The highest BCUT2D eigenvalue weighted by atomic mass is 32.1. The minimum Gasteiger partial charge on any atom is -0.479 e. The van der Waals surface area contributed by atoms with E-state index in [0.717, 1.165) is 0 Å². The number of thiol groups is 1. The Kier molecular flexibility index (Phi) is 5.03. The van der Waals surface area contributed by atoms with Crippen molar-refractivity contribution >= 4 is 24.5 Å². The van der Waals surface area contributed by atoms with Gasteiger partial charge in [0, 0.05) is 11.7 Å². The Morgan fingerprint density at radius 1 is 1.35 bits per heavy atom. The molecule has 0 bridgehead atoms. The van der Waals surface area contributed by atoms with Crippen LogP contribution in [0.15, 0.2) is 30.3 Å². The van der Waals surface area contributed by atoms with Crippen molar-refractivity contribution in [2.45, 2.75) is 13.0 Å². The molecular formula is C12H15NO3S. The van der Waals surface area contributed by atoms with E-state index in [-0.39, 0.29) is 11.8 Å². The molecule has 0 radical (unpaired) electrons. The first kappa shape index (κ1) is 13.6. The van der Waals surface area contributed by atoms with Gasteiger partial charge >= 0.3 is 5.97 Å². The first-order valence-corrected chi connectivity index (χ1v) is 5.88. The topological polar surface area (TPSA) is 66.4 Å². The lowest BCUT2D eigenvalue weighted by Gasteiger charge is -2.17. The second kappa shape index (κ2) is 6.30. The second-order valence-corrected chi connectivity index (χ2v) is 4.14. The Labute approximate surface area is 105 Å². The van der Waals surface area contributed by atoms with Gasteiger partial charge in [0.1, 0.15) is 0 Å². The van der Waals surface area contributed by atoms with Crippen LogP contribution in [-0.2, 0) is 9.59 Å². The number of carboxylic acids is 1. The highest BCUT2D eigenvalue weighted by molar-refractivity contribution is 7.80. The maximum atomic E-state index is 11.6. The second-order valence-electron chi connectivity index (χ2n) is 3.77. The van der Waals surface area contributed by atoms with E-state index < -0.39 is 12.0 Å². The monoisotopic (exact) mass is 253 g/mol. The summed E-state index contributed by atoms with van der Waals surface area (Å²) in [6.07, 6.45) is 0. The molecule has 2 atom stereocenters. The molecule has 0 spiro atoms. The highest BCUT2D eigenvalue weighted by Crippen LogP contribution is 2.13. The molecule has 2 N–H and O–H groups in total. The molecule has 17 heavy (non-hydrogen) atoms. The third-order valence-corrected chi connectivity index (χ3v) is 2.94. The van der Waals surface area contributed by atoms with Gasteiger partial charge in [-0.2, -0.15) is 12.6 Å².